The van der Waals surface area contributed by atoms with Crippen LogP contribution in [0.4, 0.5) is 11.4 Å². The van der Waals surface area contributed by atoms with Gasteiger partial charge in [0.2, 0.25) is 0 Å². The molecule has 0 bridgehead atoms. The second-order valence-electron chi connectivity index (χ2n) is 5.79. The van der Waals surface area contributed by atoms with E-state index in [-0.39, 0.29) is 10.6 Å². The van der Waals surface area contributed by atoms with Gasteiger partial charge in [-0.25, -0.2) is 0 Å². The molecule has 1 aromatic carbocycles. The Kier molecular flexibility index (Phi) is 3.96. The van der Waals surface area contributed by atoms with Gasteiger partial charge in [0.05, 0.1) is 18.1 Å². The highest BCUT2D eigenvalue weighted by molar-refractivity contribution is 5.66. The van der Waals surface area contributed by atoms with Crippen LogP contribution in [0.25, 0.3) is 0 Å². The third-order valence-electron chi connectivity index (χ3n) is 4.26. The average Bonchev–Trinajstić information content (AvgIpc) is 3.21. The highest BCUT2D eigenvalue weighted by Crippen LogP contribution is 2.39. The summed E-state index contributed by atoms with van der Waals surface area (Å²) < 4.78 is 5.11. The third-order valence-corrected chi connectivity index (χ3v) is 4.26. The molecule has 3 rings (SSSR count). The van der Waals surface area contributed by atoms with Gasteiger partial charge in [0, 0.05) is 18.6 Å². The Morgan fingerprint density at radius 3 is 2.81 bits per heavy atom. The lowest BCUT2D eigenvalue weighted by Crippen LogP contribution is -2.39. The Morgan fingerprint density at radius 1 is 1.43 bits per heavy atom. The lowest BCUT2D eigenvalue weighted by Gasteiger charge is -2.27. The van der Waals surface area contributed by atoms with Crippen LogP contribution in [0.2, 0.25) is 0 Å². The summed E-state index contributed by atoms with van der Waals surface area (Å²) in [5, 5.41) is 14.9. The minimum absolute atomic E-state index is 0.138. The quantitative estimate of drug-likeness (QED) is 0.643. The molecule has 6 heteroatoms. The van der Waals surface area contributed by atoms with Crippen molar-refractivity contribution < 1.29 is 9.66 Å². The first kappa shape index (κ1) is 14.1. The Morgan fingerprint density at radius 2 is 2.24 bits per heavy atom. The summed E-state index contributed by atoms with van der Waals surface area (Å²) in [5.74, 6) is 0.528. The van der Waals surface area contributed by atoms with E-state index >= 15 is 0 Å². The number of benzene rings is 1. The SMILES string of the molecule is COc1ccc(N(CC2CCCN2)C2CC2)c([N+](=O)[O-])c1. The van der Waals surface area contributed by atoms with Crippen LogP contribution >= 0.6 is 0 Å². The minimum Gasteiger partial charge on any atom is -0.496 e. The van der Waals surface area contributed by atoms with E-state index in [0.717, 1.165) is 38.0 Å². The number of rotatable bonds is 6. The van der Waals surface area contributed by atoms with Gasteiger partial charge in [0.25, 0.3) is 5.69 Å². The molecule has 2 fully saturated rings. The lowest BCUT2D eigenvalue weighted by molar-refractivity contribution is -0.384. The molecule has 21 heavy (non-hydrogen) atoms. The molecule has 0 spiro atoms. The Balaban J connectivity index is 1.88. The fourth-order valence-corrected chi connectivity index (χ4v) is 3.00. The Labute approximate surface area is 124 Å². The molecule has 1 heterocycles. The van der Waals surface area contributed by atoms with Gasteiger partial charge >= 0.3 is 0 Å². The Bertz CT molecular complexity index is 525. The zero-order chi connectivity index (χ0) is 14.8. The van der Waals surface area contributed by atoms with Crippen molar-refractivity contribution in [1.29, 1.82) is 0 Å². The highest BCUT2D eigenvalue weighted by atomic mass is 16.6. The van der Waals surface area contributed by atoms with Crippen LogP contribution in [-0.2, 0) is 0 Å². The predicted molar refractivity (Wildman–Crippen MR) is 81.0 cm³/mol. The number of hydrogen-bond donors (Lipinski definition) is 1. The zero-order valence-corrected chi connectivity index (χ0v) is 12.2. The van der Waals surface area contributed by atoms with Crippen molar-refractivity contribution in [2.45, 2.75) is 37.8 Å². The van der Waals surface area contributed by atoms with Crippen LogP contribution in [0.15, 0.2) is 18.2 Å². The van der Waals surface area contributed by atoms with Gasteiger partial charge in [-0.1, -0.05) is 0 Å². The largest absolute Gasteiger partial charge is 0.496 e. The van der Waals surface area contributed by atoms with E-state index in [1.165, 1.54) is 19.6 Å². The molecule has 1 aliphatic heterocycles. The fraction of sp³-hybridized carbons (Fsp3) is 0.600. The van der Waals surface area contributed by atoms with Gasteiger partial charge in [-0.3, -0.25) is 10.1 Å². The molecule has 1 saturated carbocycles. The van der Waals surface area contributed by atoms with Crippen LogP contribution in [0.1, 0.15) is 25.7 Å². The monoisotopic (exact) mass is 291 g/mol. The van der Waals surface area contributed by atoms with E-state index in [1.807, 2.05) is 6.07 Å². The van der Waals surface area contributed by atoms with E-state index in [0.29, 0.717) is 17.8 Å². The van der Waals surface area contributed by atoms with Crippen molar-refractivity contribution in [3.05, 3.63) is 28.3 Å². The first-order valence-corrected chi connectivity index (χ1v) is 7.51. The number of ether oxygens (including phenoxy) is 1. The Hall–Kier alpha value is -1.82. The zero-order valence-electron chi connectivity index (χ0n) is 12.2. The molecule has 1 aromatic rings. The van der Waals surface area contributed by atoms with Crippen LogP contribution in [-0.4, -0.2) is 37.2 Å². The summed E-state index contributed by atoms with van der Waals surface area (Å²) in [6, 6.07) is 6.03. The van der Waals surface area contributed by atoms with E-state index < -0.39 is 0 Å². The molecule has 0 aromatic heterocycles. The first-order valence-electron chi connectivity index (χ1n) is 7.51. The van der Waals surface area contributed by atoms with Crippen molar-refractivity contribution in [3.8, 4) is 5.75 Å². The van der Waals surface area contributed by atoms with Crippen LogP contribution in [0.3, 0.4) is 0 Å². The maximum absolute atomic E-state index is 11.4. The maximum Gasteiger partial charge on any atom is 0.296 e. The standard InChI is InChI=1S/C15H21N3O3/c1-21-13-6-7-14(15(9-13)18(19)20)17(12-4-5-12)10-11-3-2-8-16-11/h6-7,9,11-12,16H,2-5,8,10H2,1H3. The number of nitro groups is 1. The first-order chi connectivity index (χ1) is 10.2. The summed E-state index contributed by atoms with van der Waals surface area (Å²) in [7, 11) is 1.53. The summed E-state index contributed by atoms with van der Waals surface area (Å²) in [4.78, 5) is 13.3. The fourth-order valence-electron chi connectivity index (χ4n) is 3.00. The van der Waals surface area contributed by atoms with E-state index in [2.05, 4.69) is 10.2 Å². The van der Waals surface area contributed by atoms with Crippen LogP contribution in [0, 0.1) is 10.1 Å². The predicted octanol–water partition coefficient (Wildman–Crippen LogP) is 2.32. The highest BCUT2D eigenvalue weighted by Gasteiger charge is 2.35. The second kappa shape index (κ2) is 5.89. The van der Waals surface area contributed by atoms with Crippen molar-refractivity contribution >= 4 is 11.4 Å². The molecule has 6 nitrogen and oxygen atoms in total. The average molecular weight is 291 g/mol. The summed E-state index contributed by atoms with van der Waals surface area (Å²) in [5.41, 5.74) is 0.858. The number of nitro benzene ring substituents is 1. The van der Waals surface area contributed by atoms with Gasteiger partial charge in [-0.05, 0) is 44.4 Å². The van der Waals surface area contributed by atoms with E-state index in [1.54, 1.807) is 6.07 Å². The van der Waals surface area contributed by atoms with Gasteiger partial charge in [0.1, 0.15) is 11.4 Å². The molecule has 1 N–H and O–H groups in total. The molecule has 0 amide bonds. The van der Waals surface area contributed by atoms with Crippen molar-refractivity contribution in [1.82, 2.24) is 5.32 Å². The molecule has 2 aliphatic rings. The lowest BCUT2D eigenvalue weighted by atomic mass is 10.1. The number of hydrogen-bond acceptors (Lipinski definition) is 5. The number of methoxy groups -OCH3 is 1. The number of nitrogens with zero attached hydrogens (tertiary/aromatic N) is 2. The van der Waals surface area contributed by atoms with Crippen LogP contribution in [0.5, 0.6) is 5.75 Å². The minimum atomic E-state index is -0.310. The summed E-state index contributed by atoms with van der Waals surface area (Å²) >= 11 is 0. The maximum atomic E-state index is 11.4. The molecule has 0 radical (unpaired) electrons. The molecule has 1 aliphatic carbocycles. The van der Waals surface area contributed by atoms with Crippen molar-refractivity contribution in [3.63, 3.8) is 0 Å². The van der Waals surface area contributed by atoms with Crippen LogP contribution < -0.4 is 15.0 Å². The van der Waals surface area contributed by atoms with Gasteiger partial charge in [-0.2, -0.15) is 0 Å². The molecule has 114 valence electrons. The second-order valence-corrected chi connectivity index (χ2v) is 5.79. The van der Waals surface area contributed by atoms with Gasteiger partial charge in [0.15, 0.2) is 0 Å². The molecule has 1 atom stereocenters. The normalized spacial score (nSPS) is 21.3. The van der Waals surface area contributed by atoms with Crippen molar-refractivity contribution in [2.75, 3.05) is 25.1 Å². The van der Waals surface area contributed by atoms with Gasteiger partial charge in [-0.15, -0.1) is 0 Å². The van der Waals surface area contributed by atoms with Crippen molar-refractivity contribution in [2.24, 2.45) is 0 Å². The van der Waals surface area contributed by atoms with E-state index in [9.17, 15) is 10.1 Å². The smallest absolute Gasteiger partial charge is 0.296 e. The van der Waals surface area contributed by atoms with Gasteiger partial charge < -0.3 is 15.0 Å². The molecular weight excluding hydrogens is 270 g/mol. The molecular formula is C15H21N3O3. The number of anilines is 1. The molecule has 1 unspecified atom stereocenters. The third kappa shape index (κ3) is 3.10. The van der Waals surface area contributed by atoms with E-state index in [4.69, 9.17) is 4.74 Å². The summed E-state index contributed by atoms with van der Waals surface area (Å²) in [6.07, 6.45) is 4.58. The topological polar surface area (TPSA) is 67.6 Å². The summed E-state index contributed by atoms with van der Waals surface area (Å²) in [6.45, 7) is 1.89. The molecule has 1 saturated heterocycles. The number of nitrogens with one attached hydrogen (secondary N) is 1.